The maximum atomic E-state index is 11.9. The number of aryl methyl sites for hydroxylation is 1. The Morgan fingerprint density at radius 1 is 1.56 bits per heavy atom. The molecule has 1 aromatic rings. The van der Waals surface area contributed by atoms with Gasteiger partial charge in [0, 0.05) is 13.1 Å². The molecular formula is C12H18BrN3OS. The van der Waals surface area contributed by atoms with Gasteiger partial charge in [0.15, 0.2) is 0 Å². The molecule has 1 N–H and O–H groups in total. The second-order valence-electron chi connectivity index (χ2n) is 4.43. The van der Waals surface area contributed by atoms with Crippen LogP contribution in [0, 0.1) is 5.92 Å². The van der Waals surface area contributed by atoms with E-state index in [1.54, 1.807) is 6.20 Å². The summed E-state index contributed by atoms with van der Waals surface area (Å²) in [7, 11) is 0. The summed E-state index contributed by atoms with van der Waals surface area (Å²) in [6.45, 7) is 3.43. The molecule has 100 valence electrons. The molecule has 1 aromatic heterocycles. The lowest BCUT2D eigenvalue weighted by atomic mass is 10.0. The highest BCUT2D eigenvalue weighted by atomic mass is 79.9. The molecule has 0 saturated carbocycles. The fourth-order valence-corrected chi connectivity index (χ4v) is 3.67. The van der Waals surface area contributed by atoms with Gasteiger partial charge in [-0.3, -0.25) is 4.79 Å². The molecule has 2 rings (SSSR count). The van der Waals surface area contributed by atoms with Gasteiger partial charge in [-0.05, 0) is 53.1 Å². The Kier molecular flexibility index (Phi) is 5.12. The maximum absolute atomic E-state index is 11.9. The summed E-state index contributed by atoms with van der Waals surface area (Å²) in [6, 6.07) is 0. The molecule has 1 saturated heterocycles. The van der Waals surface area contributed by atoms with Crippen LogP contribution >= 0.6 is 27.7 Å². The van der Waals surface area contributed by atoms with Gasteiger partial charge in [-0.15, -0.1) is 0 Å². The molecule has 0 amide bonds. The average Bonchev–Trinajstić information content (AvgIpc) is 2.42. The fraction of sp³-hybridized carbons (Fsp3) is 0.667. The monoisotopic (exact) mass is 331 g/mol. The minimum atomic E-state index is -0.0679. The summed E-state index contributed by atoms with van der Waals surface area (Å²) in [6.07, 6.45) is 4.25. The van der Waals surface area contributed by atoms with Gasteiger partial charge in [0.25, 0.3) is 5.56 Å². The predicted molar refractivity (Wildman–Crippen MR) is 80.4 cm³/mol. The molecule has 1 aliphatic heterocycles. The quantitative estimate of drug-likeness (QED) is 0.921. The van der Waals surface area contributed by atoms with Crippen LogP contribution in [0.2, 0.25) is 0 Å². The smallest absolute Gasteiger partial charge is 0.283 e. The van der Waals surface area contributed by atoms with Crippen molar-refractivity contribution in [2.24, 2.45) is 5.92 Å². The average molecular weight is 332 g/mol. The fourth-order valence-electron chi connectivity index (χ4n) is 2.02. The van der Waals surface area contributed by atoms with Gasteiger partial charge in [0.1, 0.15) is 4.47 Å². The van der Waals surface area contributed by atoms with E-state index in [0.29, 0.717) is 16.9 Å². The van der Waals surface area contributed by atoms with Crippen LogP contribution in [-0.4, -0.2) is 27.8 Å². The van der Waals surface area contributed by atoms with Crippen LogP contribution in [-0.2, 0) is 6.54 Å². The van der Waals surface area contributed by atoms with Gasteiger partial charge >= 0.3 is 0 Å². The van der Waals surface area contributed by atoms with Crippen molar-refractivity contribution in [1.29, 1.82) is 0 Å². The lowest BCUT2D eigenvalue weighted by Gasteiger charge is -2.22. The molecule has 1 fully saturated rings. The molecule has 0 spiro atoms. The van der Waals surface area contributed by atoms with Crippen molar-refractivity contribution in [2.45, 2.75) is 26.3 Å². The molecule has 18 heavy (non-hydrogen) atoms. The molecule has 4 nitrogen and oxygen atoms in total. The first-order chi connectivity index (χ1) is 8.72. The maximum Gasteiger partial charge on any atom is 0.283 e. The zero-order valence-electron chi connectivity index (χ0n) is 10.5. The Balaban J connectivity index is 2.01. The zero-order chi connectivity index (χ0) is 13.0. The summed E-state index contributed by atoms with van der Waals surface area (Å²) >= 11 is 5.39. The molecule has 0 aliphatic carbocycles. The molecular weight excluding hydrogens is 314 g/mol. The van der Waals surface area contributed by atoms with Gasteiger partial charge in [0.2, 0.25) is 0 Å². The number of halogens is 1. The van der Waals surface area contributed by atoms with E-state index in [1.165, 1.54) is 29.0 Å². The lowest BCUT2D eigenvalue weighted by Crippen LogP contribution is -2.25. The second kappa shape index (κ2) is 6.61. The van der Waals surface area contributed by atoms with Crippen LogP contribution in [0.25, 0.3) is 0 Å². The molecule has 0 bridgehead atoms. The van der Waals surface area contributed by atoms with Crippen LogP contribution in [0.5, 0.6) is 0 Å². The summed E-state index contributed by atoms with van der Waals surface area (Å²) in [4.78, 5) is 11.9. The summed E-state index contributed by atoms with van der Waals surface area (Å²) < 4.78 is 2.04. The molecule has 2 heterocycles. The molecule has 1 aliphatic rings. The minimum Gasteiger partial charge on any atom is -0.382 e. The van der Waals surface area contributed by atoms with Crippen LogP contribution in [0.15, 0.2) is 15.5 Å². The van der Waals surface area contributed by atoms with Crippen molar-refractivity contribution in [3.8, 4) is 0 Å². The first-order valence-corrected chi connectivity index (χ1v) is 8.24. The van der Waals surface area contributed by atoms with E-state index in [4.69, 9.17) is 0 Å². The van der Waals surface area contributed by atoms with E-state index in [2.05, 4.69) is 26.3 Å². The number of anilines is 1. The molecule has 6 heteroatoms. The zero-order valence-corrected chi connectivity index (χ0v) is 12.9. The minimum absolute atomic E-state index is 0.0679. The Bertz CT molecular complexity index is 457. The number of hydrogen-bond acceptors (Lipinski definition) is 4. The summed E-state index contributed by atoms with van der Waals surface area (Å²) in [5.74, 6) is 3.22. The van der Waals surface area contributed by atoms with Crippen molar-refractivity contribution in [3.05, 3.63) is 21.0 Å². The van der Waals surface area contributed by atoms with E-state index in [0.717, 1.165) is 12.2 Å². The van der Waals surface area contributed by atoms with E-state index in [9.17, 15) is 4.79 Å². The third kappa shape index (κ3) is 3.29. The van der Waals surface area contributed by atoms with Crippen molar-refractivity contribution in [2.75, 3.05) is 23.4 Å². The SMILES string of the molecule is CCn1ncc(NCC2CCSCC2)c(Br)c1=O. The van der Waals surface area contributed by atoms with E-state index < -0.39 is 0 Å². The van der Waals surface area contributed by atoms with Gasteiger partial charge in [-0.25, -0.2) is 4.68 Å². The lowest BCUT2D eigenvalue weighted by molar-refractivity contribution is 0.515. The summed E-state index contributed by atoms with van der Waals surface area (Å²) in [5.41, 5.74) is 0.740. The third-order valence-corrected chi connectivity index (χ3v) is 5.02. The molecule has 0 radical (unpaired) electrons. The highest BCUT2D eigenvalue weighted by molar-refractivity contribution is 9.10. The summed E-state index contributed by atoms with van der Waals surface area (Å²) in [5, 5.41) is 7.47. The van der Waals surface area contributed by atoms with E-state index >= 15 is 0 Å². The van der Waals surface area contributed by atoms with Crippen LogP contribution in [0.4, 0.5) is 5.69 Å². The number of nitrogens with one attached hydrogen (secondary N) is 1. The first-order valence-electron chi connectivity index (χ1n) is 6.29. The van der Waals surface area contributed by atoms with E-state index in [-0.39, 0.29) is 5.56 Å². The molecule has 0 unspecified atom stereocenters. The normalized spacial score (nSPS) is 16.8. The Morgan fingerprint density at radius 3 is 2.94 bits per heavy atom. The number of aromatic nitrogens is 2. The van der Waals surface area contributed by atoms with Crippen LogP contribution in [0.3, 0.4) is 0 Å². The van der Waals surface area contributed by atoms with E-state index in [1.807, 2.05) is 18.7 Å². The second-order valence-corrected chi connectivity index (χ2v) is 6.45. The van der Waals surface area contributed by atoms with Crippen molar-refractivity contribution in [1.82, 2.24) is 9.78 Å². The first kappa shape index (κ1) is 13.9. The standard InChI is InChI=1S/C12H18BrN3OS/c1-2-16-12(17)11(13)10(8-15-16)14-7-9-3-5-18-6-4-9/h8-9,14H,2-7H2,1H3. The van der Waals surface area contributed by atoms with Crippen molar-refractivity contribution >= 4 is 33.4 Å². The number of hydrogen-bond donors (Lipinski definition) is 1. The van der Waals surface area contributed by atoms with Gasteiger partial charge in [-0.1, -0.05) is 0 Å². The van der Waals surface area contributed by atoms with Gasteiger partial charge in [-0.2, -0.15) is 16.9 Å². The molecule has 0 aromatic carbocycles. The third-order valence-electron chi connectivity index (χ3n) is 3.21. The van der Waals surface area contributed by atoms with Crippen LogP contribution in [0.1, 0.15) is 19.8 Å². The topological polar surface area (TPSA) is 46.9 Å². The Morgan fingerprint density at radius 2 is 2.28 bits per heavy atom. The largest absolute Gasteiger partial charge is 0.382 e. The highest BCUT2D eigenvalue weighted by Crippen LogP contribution is 2.24. The number of rotatable bonds is 4. The highest BCUT2D eigenvalue weighted by Gasteiger charge is 2.14. The Hall–Kier alpha value is -0.490. The van der Waals surface area contributed by atoms with Crippen LogP contribution < -0.4 is 10.9 Å². The van der Waals surface area contributed by atoms with Gasteiger partial charge < -0.3 is 5.32 Å². The number of thioether (sulfide) groups is 1. The predicted octanol–water partition coefficient (Wildman–Crippen LogP) is 2.58. The van der Waals surface area contributed by atoms with Crippen molar-refractivity contribution < 1.29 is 0 Å². The number of nitrogens with zero attached hydrogens (tertiary/aromatic N) is 2. The Labute approximate surface area is 120 Å². The van der Waals surface area contributed by atoms with Crippen molar-refractivity contribution in [3.63, 3.8) is 0 Å². The van der Waals surface area contributed by atoms with Gasteiger partial charge in [0.05, 0.1) is 11.9 Å². The molecule has 0 atom stereocenters.